The molecule has 0 aromatic carbocycles. The highest BCUT2D eigenvalue weighted by molar-refractivity contribution is 5.75. The zero-order chi connectivity index (χ0) is 15.1. The summed E-state index contributed by atoms with van der Waals surface area (Å²) in [6, 6.07) is 0. The fourth-order valence-corrected chi connectivity index (χ4v) is 2.80. The monoisotopic (exact) mass is 282 g/mol. The number of carbonyl (C=O) groups excluding carboxylic acids is 1. The van der Waals surface area contributed by atoms with Gasteiger partial charge >= 0.3 is 0 Å². The molecular formula is C19H38O. The van der Waals surface area contributed by atoms with Crippen LogP contribution in [0.25, 0.3) is 0 Å². The predicted molar refractivity (Wildman–Crippen MR) is 90.2 cm³/mol. The molecule has 0 rings (SSSR count). The lowest BCUT2D eigenvalue weighted by Gasteiger charge is -2.10. The fraction of sp³-hybridized carbons (Fsp3) is 0.947. The van der Waals surface area contributed by atoms with Crippen LogP contribution in [0.5, 0.6) is 0 Å². The predicted octanol–water partition coefficient (Wildman–Crippen LogP) is 6.69. The SMILES string of the molecule is CCCC[C@@H](C)CCCCCCCCCCCC(C)=O. The Morgan fingerprint density at radius 1 is 0.750 bits per heavy atom. The van der Waals surface area contributed by atoms with Crippen molar-refractivity contribution in [2.45, 2.75) is 111 Å². The van der Waals surface area contributed by atoms with Crippen LogP contribution in [0, 0.1) is 5.92 Å². The molecule has 0 unspecified atom stereocenters. The lowest BCUT2D eigenvalue weighted by atomic mass is 9.97. The molecule has 0 spiro atoms. The van der Waals surface area contributed by atoms with Crippen LogP contribution < -0.4 is 0 Å². The van der Waals surface area contributed by atoms with E-state index in [9.17, 15) is 4.79 Å². The number of hydrogen-bond donors (Lipinski definition) is 0. The molecule has 0 bridgehead atoms. The summed E-state index contributed by atoms with van der Waals surface area (Å²) in [5.41, 5.74) is 0. The van der Waals surface area contributed by atoms with E-state index in [-0.39, 0.29) is 0 Å². The Morgan fingerprint density at radius 2 is 1.20 bits per heavy atom. The molecule has 0 N–H and O–H groups in total. The summed E-state index contributed by atoms with van der Waals surface area (Å²) >= 11 is 0. The molecule has 0 aliphatic heterocycles. The molecule has 0 saturated heterocycles. The molecule has 0 fully saturated rings. The van der Waals surface area contributed by atoms with Crippen molar-refractivity contribution in [2.24, 2.45) is 5.92 Å². The van der Waals surface area contributed by atoms with Gasteiger partial charge in [-0.15, -0.1) is 0 Å². The molecule has 0 aromatic heterocycles. The van der Waals surface area contributed by atoms with Crippen LogP contribution >= 0.6 is 0 Å². The van der Waals surface area contributed by atoms with E-state index in [0.29, 0.717) is 5.78 Å². The van der Waals surface area contributed by atoms with Crippen LogP contribution in [0.2, 0.25) is 0 Å². The molecule has 120 valence electrons. The van der Waals surface area contributed by atoms with E-state index >= 15 is 0 Å². The lowest BCUT2D eigenvalue weighted by Crippen LogP contribution is -1.94. The number of hydrogen-bond acceptors (Lipinski definition) is 1. The van der Waals surface area contributed by atoms with Gasteiger partial charge in [0.05, 0.1) is 0 Å². The summed E-state index contributed by atoms with van der Waals surface area (Å²) in [6.45, 7) is 6.40. The van der Waals surface area contributed by atoms with Crippen molar-refractivity contribution in [3.63, 3.8) is 0 Å². The first kappa shape index (κ1) is 19.7. The molecule has 1 atom stereocenters. The summed E-state index contributed by atoms with van der Waals surface area (Å²) in [5.74, 6) is 1.29. The standard InChI is InChI=1S/C19H38O/c1-4-5-15-18(2)16-13-11-9-7-6-8-10-12-14-17-19(3)20/h18H,4-17H2,1-3H3/t18-/m1/s1. The second kappa shape index (κ2) is 15.1. The molecule has 0 aliphatic carbocycles. The van der Waals surface area contributed by atoms with Gasteiger partial charge in [0.15, 0.2) is 0 Å². The van der Waals surface area contributed by atoms with Crippen molar-refractivity contribution >= 4 is 5.78 Å². The van der Waals surface area contributed by atoms with Crippen molar-refractivity contribution in [3.05, 3.63) is 0 Å². The molecule has 0 heterocycles. The average molecular weight is 283 g/mol. The first-order valence-corrected chi connectivity index (χ1v) is 9.16. The minimum Gasteiger partial charge on any atom is -0.300 e. The number of unbranched alkanes of at least 4 members (excludes halogenated alkanes) is 9. The van der Waals surface area contributed by atoms with E-state index in [1.807, 2.05) is 0 Å². The van der Waals surface area contributed by atoms with Gasteiger partial charge in [-0.05, 0) is 19.3 Å². The van der Waals surface area contributed by atoms with Gasteiger partial charge in [0.25, 0.3) is 0 Å². The van der Waals surface area contributed by atoms with Crippen molar-refractivity contribution in [3.8, 4) is 0 Å². The van der Waals surface area contributed by atoms with Crippen molar-refractivity contribution in [2.75, 3.05) is 0 Å². The smallest absolute Gasteiger partial charge is 0.129 e. The zero-order valence-electron chi connectivity index (χ0n) is 14.4. The number of ketones is 1. The molecule has 0 aliphatic rings. The zero-order valence-corrected chi connectivity index (χ0v) is 14.4. The molecule has 0 amide bonds. The minimum atomic E-state index is 0.346. The molecule has 1 nitrogen and oxygen atoms in total. The molecule has 0 aromatic rings. The molecule has 0 radical (unpaired) electrons. The normalized spacial score (nSPS) is 12.6. The van der Waals surface area contributed by atoms with Crippen molar-refractivity contribution in [1.82, 2.24) is 0 Å². The maximum atomic E-state index is 10.8. The first-order valence-electron chi connectivity index (χ1n) is 9.16. The van der Waals surface area contributed by atoms with Gasteiger partial charge in [-0.25, -0.2) is 0 Å². The third-order valence-electron chi connectivity index (χ3n) is 4.28. The second-order valence-corrected chi connectivity index (χ2v) is 6.67. The Hall–Kier alpha value is -0.330. The van der Waals surface area contributed by atoms with Crippen LogP contribution in [0.1, 0.15) is 111 Å². The van der Waals surface area contributed by atoms with Gasteiger partial charge in [-0.2, -0.15) is 0 Å². The Labute approximate surface area is 127 Å². The Morgan fingerprint density at radius 3 is 1.70 bits per heavy atom. The largest absolute Gasteiger partial charge is 0.300 e. The second-order valence-electron chi connectivity index (χ2n) is 6.67. The van der Waals surface area contributed by atoms with E-state index < -0.39 is 0 Å². The van der Waals surface area contributed by atoms with Gasteiger partial charge in [-0.1, -0.05) is 90.9 Å². The quantitative estimate of drug-likeness (QED) is 0.306. The van der Waals surface area contributed by atoms with E-state index in [2.05, 4.69) is 13.8 Å². The third kappa shape index (κ3) is 15.7. The van der Waals surface area contributed by atoms with Crippen LogP contribution in [0.3, 0.4) is 0 Å². The lowest BCUT2D eigenvalue weighted by molar-refractivity contribution is -0.117. The summed E-state index contributed by atoms with van der Waals surface area (Å²) in [7, 11) is 0. The highest BCUT2D eigenvalue weighted by atomic mass is 16.1. The van der Waals surface area contributed by atoms with E-state index in [1.54, 1.807) is 6.92 Å². The minimum absolute atomic E-state index is 0.346. The number of carbonyl (C=O) groups is 1. The summed E-state index contributed by atoms with van der Waals surface area (Å²) in [4.78, 5) is 10.8. The average Bonchev–Trinajstić information content (AvgIpc) is 2.42. The van der Waals surface area contributed by atoms with Gasteiger partial charge in [0.1, 0.15) is 5.78 Å². The highest BCUT2D eigenvalue weighted by Gasteiger charge is 2.01. The van der Waals surface area contributed by atoms with E-state index in [0.717, 1.165) is 18.8 Å². The van der Waals surface area contributed by atoms with Crippen LogP contribution in [0.4, 0.5) is 0 Å². The van der Waals surface area contributed by atoms with Crippen molar-refractivity contribution < 1.29 is 4.79 Å². The summed E-state index contributed by atoms with van der Waals surface area (Å²) < 4.78 is 0. The van der Waals surface area contributed by atoms with Gasteiger partial charge in [0, 0.05) is 6.42 Å². The van der Waals surface area contributed by atoms with Gasteiger partial charge in [0.2, 0.25) is 0 Å². The summed E-state index contributed by atoms with van der Waals surface area (Å²) in [5, 5.41) is 0. The maximum absolute atomic E-state index is 10.8. The molecule has 20 heavy (non-hydrogen) atoms. The Kier molecular flexibility index (Phi) is 14.8. The maximum Gasteiger partial charge on any atom is 0.129 e. The Balaban J connectivity index is 3.07. The Bertz CT molecular complexity index is 210. The van der Waals surface area contributed by atoms with Crippen molar-refractivity contribution in [1.29, 1.82) is 0 Å². The molecule has 1 heteroatoms. The van der Waals surface area contributed by atoms with Crippen LogP contribution in [-0.4, -0.2) is 5.78 Å². The van der Waals surface area contributed by atoms with E-state index in [1.165, 1.54) is 77.0 Å². The van der Waals surface area contributed by atoms with Crippen LogP contribution in [-0.2, 0) is 4.79 Å². The third-order valence-corrected chi connectivity index (χ3v) is 4.28. The fourth-order valence-electron chi connectivity index (χ4n) is 2.80. The van der Waals surface area contributed by atoms with E-state index in [4.69, 9.17) is 0 Å². The van der Waals surface area contributed by atoms with Gasteiger partial charge < -0.3 is 4.79 Å². The first-order chi connectivity index (χ1) is 9.66. The van der Waals surface area contributed by atoms with Gasteiger partial charge in [-0.3, -0.25) is 0 Å². The summed E-state index contributed by atoms with van der Waals surface area (Å²) in [6.07, 6.45) is 18.5. The molecular weight excluding hydrogens is 244 g/mol. The highest BCUT2D eigenvalue weighted by Crippen LogP contribution is 2.17. The number of rotatable bonds is 15. The number of Topliss-reactive ketones (excluding diaryl/α,β-unsaturated/α-hetero) is 1. The topological polar surface area (TPSA) is 17.1 Å². The van der Waals surface area contributed by atoms with Crippen LogP contribution in [0.15, 0.2) is 0 Å². The molecule has 0 saturated carbocycles.